The van der Waals surface area contributed by atoms with Crippen LogP contribution in [0, 0.1) is 19.0 Å². The van der Waals surface area contributed by atoms with Gasteiger partial charge in [-0.1, -0.05) is 6.07 Å². The molecule has 0 bridgehead atoms. The molecule has 3 aromatic rings. The third kappa shape index (κ3) is 3.84. The lowest BCUT2D eigenvalue weighted by Gasteiger charge is -2.21. The molecule has 2 aromatic heterocycles. The van der Waals surface area contributed by atoms with E-state index in [1.54, 1.807) is 24.4 Å². The number of hydrogen-bond donors (Lipinski definition) is 2. The molecule has 0 radical (unpaired) electrons. The van der Waals surface area contributed by atoms with Crippen molar-refractivity contribution in [1.29, 1.82) is 0 Å². The SMILES string of the molecule is CCN(CC)c1ccc(/N=C2/C(C(O)C#CO)=Nn3c2nnc3-c2ccccn2)c(C)c1. The molecule has 1 aliphatic heterocycles. The molecule has 0 spiro atoms. The maximum atomic E-state index is 10.5. The largest absolute Gasteiger partial charge is 0.462 e. The van der Waals surface area contributed by atoms with Gasteiger partial charge < -0.3 is 15.1 Å². The summed E-state index contributed by atoms with van der Waals surface area (Å²) in [6.45, 7) is 8.03. The number of aromatic nitrogens is 4. The van der Waals surface area contributed by atoms with Crippen LogP contribution in [0.25, 0.3) is 11.5 Å². The lowest BCUT2D eigenvalue weighted by atomic mass is 10.1. The number of benzene rings is 1. The third-order valence-electron chi connectivity index (χ3n) is 5.20. The van der Waals surface area contributed by atoms with Crippen LogP contribution in [-0.4, -0.2) is 60.7 Å². The average molecular weight is 429 g/mol. The monoisotopic (exact) mass is 429 g/mol. The average Bonchev–Trinajstić information content (AvgIpc) is 3.37. The van der Waals surface area contributed by atoms with Crippen LogP contribution in [0.1, 0.15) is 25.2 Å². The first kappa shape index (κ1) is 21.2. The maximum Gasteiger partial charge on any atom is 0.205 e. The van der Waals surface area contributed by atoms with E-state index in [9.17, 15) is 5.11 Å². The third-order valence-corrected chi connectivity index (χ3v) is 5.20. The summed E-state index contributed by atoms with van der Waals surface area (Å²) in [5, 5.41) is 32.4. The molecule has 2 N–H and O–H groups in total. The summed E-state index contributed by atoms with van der Waals surface area (Å²) in [4.78, 5) is 11.3. The zero-order chi connectivity index (χ0) is 22.7. The first-order valence-corrected chi connectivity index (χ1v) is 10.3. The molecule has 0 fully saturated rings. The zero-order valence-electron chi connectivity index (χ0n) is 18.1. The van der Waals surface area contributed by atoms with Crippen LogP contribution in [0.15, 0.2) is 52.7 Å². The summed E-state index contributed by atoms with van der Waals surface area (Å²) in [5.74, 6) is 3.09. The van der Waals surface area contributed by atoms with E-state index >= 15 is 0 Å². The van der Waals surface area contributed by atoms with Crippen LogP contribution >= 0.6 is 0 Å². The lowest BCUT2D eigenvalue weighted by molar-refractivity contribution is 0.298. The molecule has 3 heterocycles. The maximum absolute atomic E-state index is 10.5. The molecular formula is C23H23N7O2. The van der Waals surface area contributed by atoms with Gasteiger partial charge in [-0.25, -0.2) is 4.99 Å². The first-order valence-electron chi connectivity index (χ1n) is 10.3. The highest BCUT2D eigenvalue weighted by Crippen LogP contribution is 2.28. The highest BCUT2D eigenvalue weighted by atomic mass is 16.3. The van der Waals surface area contributed by atoms with Gasteiger partial charge in [-0.05, 0) is 62.6 Å². The van der Waals surface area contributed by atoms with Crippen LogP contribution in [0.5, 0.6) is 0 Å². The number of aliphatic hydroxyl groups excluding tert-OH is 2. The Bertz CT molecular complexity index is 1250. The van der Waals surface area contributed by atoms with E-state index in [4.69, 9.17) is 10.1 Å². The Morgan fingerprint density at radius 1 is 1.12 bits per heavy atom. The molecule has 32 heavy (non-hydrogen) atoms. The fourth-order valence-corrected chi connectivity index (χ4v) is 3.54. The van der Waals surface area contributed by atoms with E-state index in [2.05, 4.69) is 51.0 Å². The van der Waals surface area contributed by atoms with Crippen LogP contribution in [0.2, 0.25) is 0 Å². The van der Waals surface area contributed by atoms with Crippen molar-refractivity contribution in [1.82, 2.24) is 19.9 Å². The number of hydrogen-bond acceptors (Lipinski definition) is 8. The van der Waals surface area contributed by atoms with E-state index in [0.717, 1.165) is 24.3 Å². The van der Waals surface area contributed by atoms with Crippen LogP contribution in [0.3, 0.4) is 0 Å². The highest BCUT2D eigenvalue weighted by Gasteiger charge is 2.33. The molecule has 1 atom stereocenters. The quantitative estimate of drug-likeness (QED) is 0.583. The van der Waals surface area contributed by atoms with E-state index < -0.39 is 6.10 Å². The lowest BCUT2D eigenvalue weighted by Crippen LogP contribution is -2.26. The number of aryl methyl sites for hydroxylation is 1. The van der Waals surface area contributed by atoms with Crippen LogP contribution < -0.4 is 4.90 Å². The van der Waals surface area contributed by atoms with Gasteiger partial charge >= 0.3 is 0 Å². The molecule has 0 saturated heterocycles. The number of rotatable bonds is 6. The van der Waals surface area contributed by atoms with Crippen LogP contribution in [-0.2, 0) is 0 Å². The van der Waals surface area contributed by atoms with Crippen molar-refractivity contribution in [2.75, 3.05) is 18.0 Å². The predicted molar refractivity (Wildman–Crippen MR) is 123 cm³/mol. The van der Waals surface area contributed by atoms with Crippen molar-refractivity contribution in [2.45, 2.75) is 26.9 Å². The number of anilines is 1. The molecule has 1 aromatic carbocycles. The topological polar surface area (TPSA) is 112 Å². The zero-order valence-corrected chi connectivity index (χ0v) is 18.1. The molecular weight excluding hydrogens is 406 g/mol. The molecule has 4 rings (SSSR count). The molecule has 9 nitrogen and oxygen atoms in total. The number of aliphatic imine (C=N–C) groups is 1. The van der Waals surface area contributed by atoms with E-state index in [0.29, 0.717) is 28.7 Å². The number of fused-ring (bicyclic) bond motifs is 1. The Balaban J connectivity index is 1.81. The van der Waals surface area contributed by atoms with Crippen molar-refractivity contribution in [3.63, 3.8) is 0 Å². The fourth-order valence-electron chi connectivity index (χ4n) is 3.54. The predicted octanol–water partition coefficient (Wildman–Crippen LogP) is 2.53. The van der Waals surface area contributed by atoms with Gasteiger partial charge in [0.2, 0.25) is 11.6 Å². The number of aliphatic hydroxyl groups is 2. The normalized spacial score (nSPS) is 14.5. The van der Waals surface area contributed by atoms with Crippen molar-refractivity contribution < 1.29 is 10.2 Å². The molecule has 0 amide bonds. The summed E-state index contributed by atoms with van der Waals surface area (Å²) in [7, 11) is 0. The molecule has 1 unspecified atom stereocenters. The minimum atomic E-state index is -1.34. The van der Waals surface area contributed by atoms with E-state index in [-0.39, 0.29) is 5.71 Å². The minimum Gasteiger partial charge on any atom is -0.462 e. The van der Waals surface area contributed by atoms with Gasteiger partial charge in [0.05, 0.1) is 5.69 Å². The Morgan fingerprint density at radius 2 is 1.91 bits per heavy atom. The molecule has 1 aliphatic rings. The second-order valence-corrected chi connectivity index (χ2v) is 7.12. The molecule has 0 saturated carbocycles. The summed E-state index contributed by atoms with van der Waals surface area (Å²) < 4.78 is 1.48. The van der Waals surface area contributed by atoms with Gasteiger partial charge in [0.15, 0.2) is 6.10 Å². The summed E-state index contributed by atoms with van der Waals surface area (Å²) in [6.07, 6.45) is 2.05. The van der Waals surface area contributed by atoms with Gasteiger partial charge in [0.25, 0.3) is 0 Å². The van der Waals surface area contributed by atoms with Crippen molar-refractivity contribution in [2.24, 2.45) is 10.1 Å². The molecule has 0 aliphatic carbocycles. The van der Waals surface area contributed by atoms with Gasteiger partial charge in [-0.15, -0.1) is 10.2 Å². The Kier molecular flexibility index (Phi) is 5.96. The second-order valence-electron chi connectivity index (χ2n) is 7.12. The Labute approximate surface area is 185 Å². The second kappa shape index (κ2) is 8.99. The van der Waals surface area contributed by atoms with Gasteiger partial charge in [-0.3, -0.25) is 4.98 Å². The highest BCUT2D eigenvalue weighted by molar-refractivity contribution is 6.51. The Morgan fingerprint density at radius 3 is 2.56 bits per heavy atom. The van der Waals surface area contributed by atoms with Gasteiger partial charge in [0.1, 0.15) is 23.2 Å². The van der Waals surface area contributed by atoms with Crippen LogP contribution in [0.4, 0.5) is 11.4 Å². The minimum absolute atomic E-state index is 0.181. The standard InChI is InChI=1S/C23H23N7O2/c1-4-29(5-2)16-9-10-17(15(3)14-16)25-21-20(19(32)11-13-31)28-30-22(26-27-23(21)30)18-8-6-7-12-24-18/h6-10,12,14,19,31-32H,4-5H2,1-3H3/b25-21-. The fraction of sp³-hybridized carbons (Fsp3) is 0.261. The van der Waals surface area contributed by atoms with Crippen molar-refractivity contribution >= 4 is 22.8 Å². The van der Waals surface area contributed by atoms with E-state index in [1.165, 1.54) is 4.68 Å². The van der Waals surface area contributed by atoms with Crippen molar-refractivity contribution in [3.05, 3.63) is 54.0 Å². The molecule has 162 valence electrons. The van der Waals surface area contributed by atoms with Gasteiger partial charge in [-0.2, -0.15) is 9.78 Å². The molecule has 9 heteroatoms. The summed E-state index contributed by atoms with van der Waals surface area (Å²) in [5.41, 5.74) is 3.90. The van der Waals surface area contributed by atoms with Crippen molar-refractivity contribution in [3.8, 4) is 23.5 Å². The summed E-state index contributed by atoms with van der Waals surface area (Å²) >= 11 is 0. The number of pyridine rings is 1. The Hall–Kier alpha value is -4.03. The summed E-state index contributed by atoms with van der Waals surface area (Å²) in [6, 6.07) is 11.5. The number of nitrogens with zero attached hydrogens (tertiary/aromatic N) is 7. The smallest absolute Gasteiger partial charge is 0.205 e. The van der Waals surface area contributed by atoms with E-state index in [1.807, 2.05) is 25.1 Å². The first-order chi connectivity index (χ1) is 15.6. The van der Waals surface area contributed by atoms with Gasteiger partial charge in [0, 0.05) is 25.0 Å².